The number of imide groups is 1. The first-order valence-electron chi connectivity index (χ1n) is 13.7. The molecule has 212 valence electrons. The third-order valence-corrected chi connectivity index (χ3v) is 7.53. The van der Waals surface area contributed by atoms with Crippen molar-refractivity contribution in [1.29, 1.82) is 5.26 Å². The fourth-order valence-corrected chi connectivity index (χ4v) is 5.33. The molecule has 0 saturated carbocycles. The second kappa shape index (κ2) is 12.3. The lowest BCUT2D eigenvalue weighted by atomic mass is 10.0. The Morgan fingerprint density at radius 3 is 2.51 bits per heavy atom. The van der Waals surface area contributed by atoms with Crippen LogP contribution in [0.15, 0.2) is 53.1 Å². The third-order valence-electron chi connectivity index (χ3n) is 7.53. The highest BCUT2D eigenvalue weighted by Crippen LogP contribution is 2.27. The van der Waals surface area contributed by atoms with E-state index >= 15 is 0 Å². The van der Waals surface area contributed by atoms with Crippen molar-refractivity contribution in [2.24, 2.45) is 11.5 Å². The molecule has 0 bridgehead atoms. The molecule has 5 rings (SSSR count). The molecule has 1 fully saturated rings. The van der Waals surface area contributed by atoms with Gasteiger partial charge in [-0.25, -0.2) is 0 Å². The Balaban J connectivity index is 1.13. The predicted octanol–water partition coefficient (Wildman–Crippen LogP) is 2.22. The summed E-state index contributed by atoms with van der Waals surface area (Å²) in [6.07, 6.45) is 4.68. The summed E-state index contributed by atoms with van der Waals surface area (Å²) in [4.78, 5) is 40.7. The number of nitrogens with zero attached hydrogens (tertiary/aromatic N) is 4. The number of unbranched alkanes of at least 4 members (excludes halogenated alkanes) is 1. The van der Waals surface area contributed by atoms with Gasteiger partial charge in [0.2, 0.25) is 11.8 Å². The van der Waals surface area contributed by atoms with Gasteiger partial charge in [0.25, 0.3) is 5.91 Å². The summed E-state index contributed by atoms with van der Waals surface area (Å²) >= 11 is 0. The molecule has 2 aromatic heterocycles. The number of amides is 2. The second-order valence-electron chi connectivity index (χ2n) is 10.2. The molecule has 4 aromatic rings. The van der Waals surface area contributed by atoms with E-state index in [2.05, 4.69) is 21.2 Å². The highest BCUT2D eigenvalue weighted by Gasteiger charge is 2.20. The molecule has 0 aliphatic carbocycles. The van der Waals surface area contributed by atoms with Crippen molar-refractivity contribution < 1.29 is 18.8 Å². The van der Waals surface area contributed by atoms with Crippen LogP contribution in [-0.4, -0.2) is 73.0 Å². The minimum absolute atomic E-state index is 0.0687. The third kappa shape index (κ3) is 6.15. The molecule has 11 nitrogen and oxygen atoms in total. The largest absolute Gasteiger partial charge is 0.451 e. The number of aromatic nitrogens is 1. The molecule has 5 N–H and O–H groups in total. The number of carbonyl (C=O) groups is 3. The van der Waals surface area contributed by atoms with Gasteiger partial charge in [0.05, 0.1) is 30.2 Å². The molecule has 0 radical (unpaired) electrons. The molecule has 3 heterocycles. The molecule has 2 aromatic carbocycles. The molecule has 2 amide bonds. The number of nitriles is 1. The van der Waals surface area contributed by atoms with Crippen LogP contribution in [0.5, 0.6) is 0 Å². The van der Waals surface area contributed by atoms with Crippen LogP contribution < -0.4 is 21.7 Å². The number of anilines is 1. The first-order valence-corrected chi connectivity index (χ1v) is 13.7. The lowest BCUT2D eigenvalue weighted by Gasteiger charge is -2.36. The van der Waals surface area contributed by atoms with Gasteiger partial charge in [0.15, 0.2) is 5.76 Å². The van der Waals surface area contributed by atoms with Crippen LogP contribution >= 0.6 is 0 Å². The molecule has 1 aliphatic rings. The summed E-state index contributed by atoms with van der Waals surface area (Å²) in [5.74, 6) is -1.26. The highest BCUT2D eigenvalue weighted by atomic mass is 16.3. The van der Waals surface area contributed by atoms with E-state index in [0.717, 1.165) is 79.5 Å². The molecule has 11 heteroatoms. The zero-order valence-electron chi connectivity index (χ0n) is 22.8. The summed E-state index contributed by atoms with van der Waals surface area (Å²) in [7, 11) is 0. The van der Waals surface area contributed by atoms with Crippen LogP contribution in [0.1, 0.15) is 39.3 Å². The number of nitrogens with one attached hydrogen (secondary N) is 1. The Bertz CT molecular complexity index is 1640. The van der Waals surface area contributed by atoms with E-state index in [-0.39, 0.29) is 24.8 Å². The average molecular weight is 556 g/mol. The SMILES string of the molecule is N#Cc1ccc2c(c1)c(CCCCN1CCN(c3ccc4oc(C(=O)NC(=O)CN)cc4c3)CC1)cn2C(=O)CN. The molecule has 1 aliphatic heterocycles. The zero-order chi connectivity index (χ0) is 28.9. The van der Waals surface area contributed by atoms with Gasteiger partial charge in [-0.3, -0.25) is 29.2 Å². The molecule has 41 heavy (non-hydrogen) atoms. The number of rotatable bonds is 9. The Hall–Kier alpha value is -4.50. The van der Waals surface area contributed by atoms with Crippen molar-refractivity contribution in [2.75, 3.05) is 50.7 Å². The number of benzene rings is 2. The van der Waals surface area contributed by atoms with E-state index in [4.69, 9.17) is 15.9 Å². The number of piperazine rings is 1. The van der Waals surface area contributed by atoms with E-state index in [1.807, 2.05) is 36.5 Å². The number of nitrogens with two attached hydrogens (primary N) is 2. The summed E-state index contributed by atoms with van der Waals surface area (Å²) in [5.41, 5.74) is 14.9. The summed E-state index contributed by atoms with van der Waals surface area (Å²) in [5, 5.41) is 13.2. The maximum Gasteiger partial charge on any atom is 0.293 e. The van der Waals surface area contributed by atoms with E-state index in [9.17, 15) is 19.6 Å². The lowest BCUT2D eigenvalue weighted by molar-refractivity contribution is -0.118. The molecule has 1 saturated heterocycles. The number of hydrogen-bond acceptors (Lipinski definition) is 9. The van der Waals surface area contributed by atoms with Gasteiger partial charge in [0, 0.05) is 48.8 Å². The van der Waals surface area contributed by atoms with Crippen molar-refractivity contribution in [3.05, 3.63) is 65.5 Å². The monoisotopic (exact) mass is 555 g/mol. The Morgan fingerprint density at radius 1 is 0.976 bits per heavy atom. The smallest absolute Gasteiger partial charge is 0.293 e. The fraction of sp³-hybridized carbons (Fsp3) is 0.333. The fourth-order valence-electron chi connectivity index (χ4n) is 5.33. The Morgan fingerprint density at radius 2 is 1.78 bits per heavy atom. The van der Waals surface area contributed by atoms with Gasteiger partial charge >= 0.3 is 0 Å². The van der Waals surface area contributed by atoms with Gasteiger partial charge in [-0.15, -0.1) is 0 Å². The van der Waals surface area contributed by atoms with Crippen LogP contribution in [0.4, 0.5) is 5.69 Å². The van der Waals surface area contributed by atoms with Crippen molar-refractivity contribution >= 4 is 45.3 Å². The molecule has 0 atom stereocenters. The van der Waals surface area contributed by atoms with Gasteiger partial charge in [-0.1, -0.05) is 0 Å². The Labute approximate surface area is 237 Å². The maximum atomic E-state index is 12.3. The van der Waals surface area contributed by atoms with Gasteiger partial charge in [-0.05, 0) is 73.8 Å². The van der Waals surface area contributed by atoms with Gasteiger partial charge in [-0.2, -0.15) is 5.26 Å². The summed E-state index contributed by atoms with van der Waals surface area (Å²) < 4.78 is 7.21. The predicted molar refractivity (Wildman–Crippen MR) is 156 cm³/mol. The van der Waals surface area contributed by atoms with E-state index in [0.29, 0.717) is 11.1 Å². The quantitative estimate of drug-likeness (QED) is 0.263. The number of fused-ring (bicyclic) bond motifs is 2. The van der Waals surface area contributed by atoms with Crippen molar-refractivity contribution in [1.82, 2.24) is 14.8 Å². The maximum absolute atomic E-state index is 12.3. The molecular formula is C30H33N7O4. The van der Waals surface area contributed by atoms with Crippen molar-refractivity contribution in [3.63, 3.8) is 0 Å². The van der Waals surface area contributed by atoms with Crippen LogP contribution in [0.2, 0.25) is 0 Å². The van der Waals surface area contributed by atoms with Crippen LogP contribution in [0, 0.1) is 11.3 Å². The number of carbonyl (C=O) groups excluding carboxylic acids is 3. The lowest BCUT2D eigenvalue weighted by Crippen LogP contribution is -2.46. The highest BCUT2D eigenvalue weighted by molar-refractivity contribution is 6.05. The summed E-state index contributed by atoms with van der Waals surface area (Å²) in [6.45, 7) is 4.29. The number of furan rings is 1. The number of hydrogen-bond donors (Lipinski definition) is 3. The molecular weight excluding hydrogens is 522 g/mol. The van der Waals surface area contributed by atoms with Crippen LogP contribution in [-0.2, 0) is 11.2 Å². The molecule has 0 spiro atoms. The standard InChI is InChI=1S/C30H33N7O4/c31-16-20-4-6-25-24(13-20)21(19-37(25)29(39)18-33)3-1-2-8-35-9-11-36(12-10-35)23-5-7-26-22(14-23)15-27(41-26)30(40)34-28(38)17-32/h4-7,13-15,19H,1-3,8-12,17-18,32-33H2,(H,34,38,40). The normalized spacial score (nSPS) is 13.9. The minimum atomic E-state index is -0.603. The number of aryl methyl sites for hydroxylation is 1. The zero-order valence-corrected chi connectivity index (χ0v) is 22.8. The Kier molecular flexibility index (Phi) is 8.45. The summed E-state index contributed by atoms with van der Waals surface area (Å²) in [6, 6.07) is 15.0. The van der Waals surface area contributed by atoms with Crippen molar-refractivity contribution in [3.8, 4) is 6.07 Å². The molecule has 0 unspecified atom stereocenters. The average Bonchev–Trinajstić information content (AvgIpc) is 3.60. The van der Waals surface area contributed by atoms with Crippen molar-refractivity contribution in [2.45, 2.75) is 19.3 Å². The topological polar surface area (TPSA) is 164 Å². The van der Waals surface area contributed by atoms with Crippen LogP contribution in [0.3, 0.4) is 0 Å². The van der Waals surface area contributed by atoms with E-state index < -0.39 is 11.8 Å². The minimum Gasteiger partial charge on any atom is -0.451 e. The second-order valence-corrected chi connectivity index (χ2v) is 10.2. The van der Waals surface area contributed by atoms with Crippen LogP contribution in [0.25, 0.3) is 21.9 Å². The van der Waals surface area contributed by atoms with Gasteiger partial charge < -0.3 is 20.8 Å². The van der Waals surface area contributed by atoms with Gasteiger partial charge in [0.1, 0.15) is 5.58 Å². The first-order chi connectivity index (χ1) is 19.9. The van der Waals surface area contributed by atoms with E-state index in [1.165, 1.54) is 0 Å². The van der Waals surface area contributed by atoms with E-state index in [1.54, 1.807) is 16.7 Å². The first kappa shape index (κ1) is 28.0.